The first kappa shape index (κ1) is 13.5. The van der Waals surface area contributed by atoms with Gasteiger partial charge in [0, 0.05) is 17.6 Å². The molecule has 0 aliphatic rings. The summed E-state index contributed by atoms with van der Waals surface area (Å²) in [6, 6.07) is 7.74. The minimum Gasteiger partial charge on any atom is -0.492 e. The van der Waals surface area contributed by atoms with E-state index in [4.69, 9.17) is 4.74 Å². The molecule has 0 fully saturated rings. The summed E-state index contributed by atoms with van der Waals surface area (Å²) in [6.07, 6.45) is 0. The van der Waals surface area contributed by atoms with Gasteiger partial charge in [0.15, 0.2) is 0 Å². The SMILES string of the molecule is CC(C)(O)CNCCOc1cccc(Br)c1. The van der Waals surface area contributed by atoms with Gasteiger partial charge < -0.3 is 15.2 Å². The molecule has 0 heterocycles. The summed E-state index contributed by atoms with van der Waals surface area (Å²) >= 11 is 3.38. The van der Waals surface area contributed by atoms with Crippen LogP contribution >= 0.6 is 15.9 Å². The van der Waals surface area contributed by atoms with Gasteiger partial charge in [-0.3, -0.25) is 0 Å². The van der Waals surface area contributed by atoms with Crippen molar-refractivity contribution in [3.05, 3.63) is 28.7 Å². The van der Waals surface area contributed by atoms with Crippen molar-refractivity contribution in [1.29, 1.82) is 0 Å². The fraction of sp³-hybridized carbons (Fsp3) is 0.500. The molecule has 0 radical (unpaired) electrons. The van der Waals surface area contributed by atoms with Gasteiger partial charge in [-0.05, 0) is 32.0 Å². The number of hydrogen-bond donors (Lipinski definition) is 2. The van der Waals surface area contributed by atoms with E-state index >= 15 is 0 Å². The number of benzene rings is 1. The van der Waals surface area contributed by atoms with Crippen LogP contribution in [-0.2, 0) is 0 Å². The van der Waals surface area contributed by atoms with Crippen molar-refractivity contribution in [1.82, 2.24) is 5.32 Å². The standard InChI is InChI=1S/C12H18BrNO2/c1-12(2,15)9-14-6-7-16-11-5-3-4-10(13)8-11/h3-5,8,14-15H,6-7,9H2,1-2H3. The lowest BCUT2D eigenvalue weighted by atomic mass is 10.1. The number of nitrogens with one attached hydrogen (secondary N) is 1. The van der Waals surface area contributed by atoms with E-state index in [0.29, 0.717) is 13.2 Å². The van der Waals surface area contributed by atoms with Crippen molar-refractivity contribution in [3.63, 3.8) is 0 Å². The Morgan fingerprint density at radius 2 is 2.19 bits per heavy atom. The van der Waals surface area contributed by atoms with E-state index in [-0.39, 0.29) is 0 Å². The van der Waals surface area contributed by atoms with E-state index in [1.165, 1.54) is 0 Å². The van der Waals surface area contributed by atoms with E-state index in [9.17, 15) is 5.11 Å². The molecular formula is C12H18BrNO2. The molecule has 0 aliphatic heterocycles. The maximum absolute atomic E-state index is 9.46. The quantitative estimate of drug-likeness (QED) is 0.788. The zero-order chi connectivity index (χ0) is 12.0. The van der Waals surface area contributed by atoms with E-state index in [2.05, 4.69) is 21.2 Å². The van der Waals surface area contributed by atoms with Crippen LogP contribution in [0.5, 0.6) is 5.75 Å². The Labute approximate surface area is 105 Å². The maximum atomic E-state index is 9.46. The van der Waals surface area contributed by atoms with Crippen LogP contribution in [0.4, 0.5) is 0 Å². The van der Waals surface area contributed by atoms with E-state index in [1.807, 2.05) is 24.3 Å². The number of aliphatic hydroxyl groups is 1. The maximum Gasteiger partial charge on any atom is 0.120 e. The Hall–Kier alpha value is -0.580. The Morgan fingerprint density at radius 3 is 2.81 bits per heavy atom. The van der Waals surface area contributed by atoms with Gasteiger partial charge >= 0.3 is 0 Å². The molecule has 3 nitrogen and oxygen atoms in total. The van der Waals surface area contributed by atoms with Crippen molar-refractivity contribution in [3.8, 4) is 5.75 Å². The van der Waals surface area contributed by atoms with Gasteiger partial charge in [0.2, 0.25) is 0 Å². The Morgan fingerprint density at radius 1 is 1.44 bits per heavy atom. The van der Waals surface area contributed by atoms with Crippen LogP contribution in [0.2, 0.25) is 0 Å². The third-order valence-electron chi connectivity index (χ3n) is 1.90. The van der Waals surface area contributed by atoms with Gasteiger partial charge in [0.05, 0.1) is 5.60 Å². The molecule has 0 amide bonds. The molecule has 0 atom stereocenters. The molecule has 1 aromatic carbocycles. The van der Waals surface area contributed by atoms with E-state index < -0.39 is 5.60 Å². The summed E-state index contributed by atoms with van der Waals surface area (Å²) in [5.74, 6) is 0.847. The van der Waals surface area contributed by atoms with Crippen molar-refractivity contribution < 1.29 is 9.84 Å². The van der Waals surface area contributed by atoms with Crippen LogP contribution < -0.4 is 10.1 Å². The zero-order valence-corrected chi connectivity index (χ0v) is 11.3. The van der Waals surface area contributed by atoms with Crippen LogP contribution in [0.1, 0.15) is 13.8 Å². The van der Waals surface area contributed by atoms with Crippen LogP contribution in [0, 0.1) is 0 Å². The number of ether oxygens (including phenoxy) is 1. The highest BCUT2D eigenvalue weighted by Gasteiger charge is 2.10. The normalized spacial score (nSPS) is 11.5. The van der Waals surface area contributed by atoms with E-state index in [1.54, 1.807) is 13.8 Å². The molecular weight excluding hydrogens is 270 g/mol. The topological polar surface area (TPSA) is 41.5 Å². The first-order valence-corrected chi connectivity index (χ1v) is 6.08. The summed E-state index contributed by atoms with van der Waals surface area (Å²) < 4.78 is 6.54. The lowest BCUT2D eigenvalue weighted by Crippen LogP contribution is -2.36. The first-order chi connectivity index (χ1) is 7.47. The molecule has 0 saturated carbocycles. The van der Waals surface area contributed by atoms with Crippen molar-refractivity contribution >= 4 is 15.9 Å². The van der Waals surface area contributed by atoms with Gasteiger partial charge in [-0.2, -0.15) is 0 Å². The van der Waals surface area contributed by atoms with Gasteiger partial charge in [-0.15, -0.1) is 0 Å². The lowest BCUT2D eigenvalue weighted by Gasteiger charge is -2.17. The third kappa shape index (κ3) is 6.10. The van der Waals surface area contributed by atoms with Crippen molar-refractivity contribution in [2.24, 2.45) is 0 Å². The summed E-state index contributed by atoms with van der Waals surface area (Å²) in [5, 5.41) is 12.6. The third-order valence-corrected chi connectivity index (χ3v) is 2.39. The molecule has 0 unspecified atom stereocenters. The summed E-state index contributed by atoms with van der Waals surface area (Å²) in [7, 11) is 0. The molecule has 1 rings (SSSR count). The van der Waals surface area contributed by atoms with Gasteiger partial charge in [-0.1, -0.05) is 22.0 Å². The minimum atomic E-state index is -0.671. The zero-order valence-electron chi connectivity index (χ0n) is 9.66. The fourth-order valence-electron chi connectivity index (χ4n) is 1.19. The van der Waals surface area contributed by atoms with Crippen LogP contribution in [0.25, 0.3) is 0 Å². The highest BCUT2D eigenvalue weighted by atomic mass is 79.9. The average Bonchev–Trinajstić information content (AvgIpc) is 2.15. The number of hydrogen-bond acceptors (Lipinski definition) is 3. The highest BCUT2D eigenvalue weighted by molar-refractivity contribution is 9.10. The molecule has 0 saturated heterocycles. The van der Waals surface area contributed by atoms with Gasteiger partial charge in [-0.25, -0.2) is 0 Å². The number of halogens is 1. The summed E-state index contributed by atoms with van der Waals surface area (Å²) in [5.41, 5.74) is -0.671. The molecule has 4 heteroatoms. The van der Waals surface area contributed by atoms with Crippen LogP contribution in [-0.4, -0.2) is 30.4 Å². The molecule has 0 aliphatic carbocycles. The molecule has 16 heavy (non-hydrogen) atoms. The molecule has 1 aromatic rings. The molecule has 0 bridgehead atoms. The van der Waals surface area contributed by atoms with Crippen LogP contribution in [0.3, 0.4) is 0 Å². The van der Waals surface area contributed by atoms with Crippen molar-refractivity contribution in [2.75, 3.05) is 19.7 Å². The predicted octanol–water partition coefficient (Wildman–Crippen LogP) is 2.19. The fourth-order valence-corrected chi connectivity index (χ4v) is 1.57. The molecule has 0 spiro atoms. The Kier molecular flexibility index (Phi) is 5.25. The second kappa shape index (κ2) is 6.23. The van der Waals surface area contributed by atoms with Gasteiger partial charge in [0.1, 0.15) is 12.4 Å². The minimum absolute atomic E-state index is 0.564. The monoisotopic (exact) mass is 287 g/mol. The second-order valence-corrected chi connectivity index (χ2v) is 5.21. The van der Waals surface area contributed by atoms with Crippen LogP contribution in [0.15, 0.2) is 28.7 Å². The highest BCUT2D eigenvalue weighted by Crippen LogP contribution is 2.17. The largest absolute Gasteiger partial charge is 0.492 e. The van der Waals surface area contributed by atoms with E-state index in [0.717, 1.165) is 16.8 Å². The Bertz CT molecular complexity index is 323. The molecule has 2 N–H and O–H groups in total. The Balaban J connectivity index is 2.17. The average molecular weight is 288 g/mol. The predicted molar refractivity (Wildman–Crippen MR) is 68.8 cm³/mol. The van der Waals surface area contributed by atoms with Gasteiger partial charge in [0.25, 0.3) is 0 Å². The first-order valence-electron chi connectivity index (χ1n) is 5.29. The summed E-state index contributed by atoms with van der Waals surface area (Å²) in [6.45, 7) is 5.42. The van der Waals surface area contributed by atoms with Crippen molar-refractivity contribution in [2.45, 2.75) is 19.4 Å². The smallest absolute Gasteiger partial charge is 0.120 e. The second-order valence-electron chi connectivity index (χ2n) is 4.30. The number of rotatable bonds is 6. The lowest BCUT2D eigenvalue weighted by molar-refractivity contribution is 0.0789. The molecule has 90 valence electrons. The molecule has 0 aromatic heterocycles. The summed E-state index contributed by atoms with van der Waals surface area (Å²) in [4.78, 5) is 0.